The van der Waals surface area contributed by atoms with E-state index >= 15 is 0 Å². The average molecular weight is 271 g/mol. The Balaban J connectivity index is 2.76. The lowest BCUT2D eigenvalue weighted by molar-refractivity contribution is 0.414. The van der Waals surface area contributed by atoms with Gasteiger partial charge in [-0.25, -0.2) is 0 Å². The summed E-state index contributed by atoms with van der Waals surface area (Å²) in [6.45, 7) is 4.48. The van der Waals surface area contributed by atoms with Crippen molar-refractivity contribution >= 4 is 15.9 Å². The predicted molar refractivity (Wildman–Crippen MR) is 68.7 cm³/mol. The molecule has 1 atom stereocenters. The van der Waals surface area contributed by atoms with E-state index in [0.29, 0.717) is 10.7 Å². The quantitative estimate of drug-likeness (QED) is 0.713. The Morgan fingerprint density at radius 3 is 2.07 bits per heavy atom. The van der Waals surface area contributed by atoms with Gasteiger partial charge >= 0.3 is 0 Å². The van der Waals surface area contributed by atoms with Crippen molar-refractivity contribution in [3.8, 4) is 5.75 Å². The first kappa shape index (κ1) is 12.6. The Hall–Kier alpha value is -0.500. The van der Waals surface area contributed by atoms with Crippen LogP contribution in [0.4, 0.5) is 0 Å². The number of alkyl halides is 1. The molecule has 0 amide bonds. The lowest BCUT2D eigenvalue weighted by atomic mass is 9.94. The Kier molecular flexibility index (Phi) is 5.16. The fourth-order valence-electron chi connectivity index (χ4n) is 1.76. The van der Waals surface area contributed by atoms with Crippen molar-refractivity contribution in [3.63, 3.8) is 0 Å². The molecule has 0 fully saturated rings. The molecule has 0 spiro atoms. The van der Waals surface area contributed by atoms with Crippen LogP contribution in [0.2, 0.25) is 0 Å². The van der Waals surface area contributed by atoms with Gasteiger partial charge in [0, 0.05) is 4.83 Å². The van der Waals surface area contributed by atoms with E-state index in [1.807, 2.05) is 12.1 Å². The number of benzene rings is 1. The summed E-state index contributed by atoms with van der Waals surface area (Å²) in [6.07, 6.45) is 2.41. The summed E-state index contributed by atoms with van der Waals surface area (Å²) in [5, 5.41) is 0. The van der Waals surface area contributed by atoms with Crippen LogP contribution < -0.4 is 4.74 Å². The second-order valence-corrected chi connectivity index (χ2v) is 4.74. The molecular formula is C13H19BrO. The number of ether oxygens (including phenoxy) is 1. The van der Waals surface area contributed by atoms with Crippen molar-refractivity contribution in [1.82, 2.24) is 0 Å². The summed E-state index contributed by atoms with van der Waals surface area (Å²) in [7, 11) is 1.70. The first-order valence-electron chi connectivity index (χ1n) is 5.50. The maximum atomic E-state index is 5.15. The molecule has 0 bridgehead atoms. The molecule has 1 aromatic carbocycles. The van der Waals surface area contributed by atoms with Crippen molar-refractivity contribution in [1.29, 1.82) is 0 Å². The smallest absolute Gasteiger partial charge is 0.118 e. The highest BCUT2D eigenvalue weighted by Gasteiger charge is 2.16. The van der Waals surface area contributed by atoms with E-state index in [1.165, 1.54) is 18.4 Å². The fourth-order valence-corrected chi connectivity index (χ4v) is 2.82. The molecule has 2 heteroatoms. The van der Waals surface area contributed by atoms with Crippen LogP contribution in [-0.2, 0) is 0 Å². The molecule has 0 aliphatic rings. The summed E-state index contributed by atoms with van der Waals surface area (Å²) < 4.78 is 5.15. The molecule has 1 nitrogen and oxygen atoms in total. The van der Waals surface area contributed by atoms with Crippen LogP contribution in [0.5, 0.6) is 5.75 Å². The van der Waals surface area contributed by atoms with E-state index < -0.39 is 0 Å². The van der Waals surface area contributed by atoms with Gasteiger partial charge in [0.2, 0.25) is 0 Å². The van der Waals surface area contributed by atoms with Gasteiger partial charge in [-0.3, -0.25) is 0 Å². The SMILES string of the molecule is CCC(CC)C(Br)c1ccc(OC)cc1. The minimum atomic E-state index is 0.457. The Bertz CT molecular complexity index is 277. The molecule has 0 aliphatic carbocycles. The van der Waals surface area contributed by atoms with Crippen LogP contribution in [0.3, 0.4) is 0 Å². The minimum Gasteiger partial charge on any atom is -0.497 e. The molecule has 0 aromatic heterocycles. The van der Waals surface area contributed by atoms with Crippen LogP contribution in [-0.4, -0.2) is 7.11 Å². The molecule has 0 radical (unpaired) electrons. The summed E-state index contributed by atoms with van der Waals surface area (Å²) >= 11 is 3.78. The number of methoxy groups -OCH3 is 1. The number of rotatable bonds is 5. The molecule has 0 aliphatic heterocycles. The Morgan fingerprint density at radius 2 is 1.67 bits per heavy atom. The average Bonchev–Trinajstić information content (AvgIpc) is 2.30. The van der Waals surface area contributed by atoms with Crippen molar-refractivity contribution < 1.29 is 4.74 Å². The summed E-state index contributed by atoms with van der Waals surface area (Å²) in [5.74, 6) is 1.63. The lowest BCUT2D eigenvalue weighted by Gasteiger charge is -2.20. The summed E-state index contributed by atoms with van der Waals surface area (Å²) in [4.78, 5) is 0.457. The Morgan fingerprint density at radius 1 is 1.13 bits per heavy atom. The van der Waals surface area contributed by atoms with Crippen molar-refractivity contribution in [2.75, 3.05) is 7.11 Å². The summed E-state index contributed by atoms with van der Waals surface area (Å²) in [6, 6.07) is 8.31. The van der Waals surface area contributed by atoms with Crippen LogP contribution in [0.15, 0.2) is 24.3 Å². The van der Waals surface area contributed by atoms with Gasteiger partial charge < -0.3 is 4.74 Å². The molecule has 1 unspecified atom stereocenters. The molecule has 1 aromatic rings. The molecule has 1 rings (SSSR count). The van der Waals surface area contributed by atoms with Gasteiger partial charge in [0.25, 0.3) is 0 Å². The largest absolute Gasteiger partial charge is 0.497 e. The maximum absolute atomic E-state index is 5.15. The van der Waals surface area contributed by atoms with Gasteiger partial charge in [0.1, 0.15) is 5.75 Å². The standard InChI is InChI=1S/C13H19BrO/c1-4-10(5-2)13(14)11-6-8-12(15-3)9-7-11/h6-10,13H,4-5H2,1-3H3. The van der Waals surface area contributed by atoms with E-state index in [2.05, 4.69) is 41.9 Å². The predicted octanol–water partition coefficient (Wildman–Crippen LogP) is 4.57. The van der Waals surface area contributed by atoms with Crippen LogP contribution in [0, 0.1) is 5.92 Å². The van der Waals surface area contributed by atoms with E-state index in [4.69, 9.17) is 4.74 Å². The van der Waals surface area contributed by atoms with Gasteiger partial charge in [0.05, 0.1) is 7.11 Å². The van der Waals surface area contributed by atoms with Crippen LogP contribution >= 0.6 is 15.9 Å². The topological polar surface area (TPSA) is 9.23 Å². The van der Waals surface area contributed by atoms with Crippen molar-refractivity contribution in [2.45, 2.75) is 31.5 Å². The molecule has 0 heterocycles. The second-order valence-electron chi connectivity index (χ2n) is 3.75. The third-order valence-corrected chi connectivity index (χ3v) is 4.17. The van der Waals surface area contributed by atoms with Crippen LogP contribution in [0.25, 0.3) is 0 Å². The van der Waals surface area contributed by atoms with E-state index in [-0.39, 0.29) is 0 Å². The first-order valence-corrected chi connectivity index (χ1v) is 6.42. The lowest BCUT2D eigenvalue weighted by Crippen LogP contribution is -2.05. The number of halogens is 1. The number of hydrogen-bond acceptors (Lipinski definition) is 1. The van der Waals surface area contributed by atoms with E-state index in [1.54, 1.807) is 7.11 Å². The van der Waals surface area contributed by atoms with E-state index in [0.717, 1.165) is 5.75 Å². The van der Waals surface area contributed by atoms with Gasteiger partial charge in [-0.2, -0.15) is 0 Å². The number of hydrogen-bond donors (Lipinski definition) is 0. The zero-order valence-electron chi connectivity index (χ0n) is 9.66. The maximum Gasteiger partial charge on any atom is 0.118 e. The van der Waals surface area contributed by atoms with Gasteiger partial charge in [-0.05, 0) is 23.6 Å². The molecule has 84 valence electrons. The highest BCUT2D eigenvalue weighted by molar-refractivity contribution is 9.09. The molecule has 15 heavy (non-hydrogen) atoms. The molecule has 0 saturated heterocycles. The van der Waals surface area contributed by atoms with Gasteiger partial charge in [-0.1, -0.05) is 54.8 Å². The van der Waals surface area contributed by atoms with Gasteiger partial charge in [0.15, 0.2) is 0 Å². The molecule has 0 N–H and O–H groups in total. The zero-order valence-corrected chi connectivity index (χ0v) is 11.3. The zero-order chi connectivity index (χ0) is 11.3. The highest BCUT2D eigenvalue weighted by Crippen LogP contribution is 2.35. The molecule has 0 saturated carbocycles. The highest BCUT2D eigenvalue weighted by atomic mass is 79.9. The van der Waals surface area contributed by atoms with Gasteiger partial charge in [-0.15, -0.1) is 0 Å². The van der Waals surface area contributed by atoms with Crippen LogP contribution in [0.1, 0.15) is 37.1 Å². The summed E-state index contributed by atoms with van der Waals surface area (Å²) in [5.41, 5.74) is 1.34. The second kappa shape index (κ2) is 6.16. The van der Waals surface area contributed by atoms with Crippen molar-refractivity contribution in [2.24, 2.45) is 5.92 Å². The normalized spacial score (nSPS) is 12.9. The third kappa shape index (κ3) is 3.23. The monoisotopic (exact) mass is 270 g/mol. The molecular weight excluding hydrogens is 252 g/mol. The first-order chi connectivity index (χ1) is 7.22. The Labute approximate surface area is 101 Å². The third-order valence-electron chi connectivity index (χ3n) is 2.90. The van der Waals surface area contributed by atoms with E-state index in [9.17, 15) is 0 Å². The minimum absolute atomic E-state index is 0.457. The fraction of sp³-hybridized carbons (Fsp3) is 0.538. The van der Waals surface area contributed by atoms with Crippen molar-refractivity contribution in [3.05, 3.63) is 29.8 Å².